The molecule has 0 saturated carbocycles. The van der Waals surface area contributed by atoms with Crippen molar-refractivity contribution in [1.29, 1.82) is 0 Å². The van der Waals surface area contributed by atoms with E-state index in [0.29, 0.717) is 18.7 Å². The van der Waals surface area contributed by atoms with Crippen LogP contribution in [0.1, 0.15) is 51.2 Å². The maximum atomic E-state index is 12.0. The summed E-state index contributed by atoms with van der Waals surface area (Å²) in [6.07, 6.45) is 0.578. The third-order valence-electron chi connectivity index (χ3n) is 4.08. The van der Waals surface area contributed by atoms with Gasteiger partial charge in [-0.2, -0.15) is 5.10 Å². The average molecular weight is 375 g/mol. The van der Waals surface area contributed by atoms with Crippen molar-refractivity contribution >= 4 is 29.2 Å². The van der Waals surface area contributed by atoms with Crippen LogP contribution in [0.15, 0.2) is 23.3 Å². The van der Waals surface area contributed by atoms with Gasteiger partial charge in [0.25, 0.3) is 0 Å². The zero-order valence-corrected chi connectivity index (χ0v) is 16.7. The summed E-state index contributed by atoms with van der Waals surface area (Å²) in [4.78, 5) is 35.8. The number of esters is 1. The molecule has 7 nitrogen and oxygen atoms in total. The summed E-state index contributed by atoms with van der Waals surface area (Å²) in [7, 11) is 0. The van der Waals surface area contributed by atoms with Crippen LogP contribution in [-0.2, 0) is 19.1 Å². The molecule has 0 aliphatic carbocycles. The van der Waals surface area contributed by atoms with Crippen LogP contribution < -0.4 is 10.7 Å². The molecular formula is C20H29N3O4. The van der Waals surface area contributed by atoms with Crippen molar-refractivity contribution in [2.24, 2.45) is 11.0 Å². The number of nitrogens with one attached hydrogen (secondary N) is 2. The Balaban J connectivity index is 2.49. The average Bonchev–Trinajstić information content (AvgIpc) is 2.61. The first-order chi connectivity index (χ1) is 12.8. The van der Waals surface area contributed by atoms with E-state index in [1.807, 2.05) is 39.0 Å². The van der Waals surface area contributed by atoms with Gasteiger partial charge in [0.15, 0.2) is 0 Å². The van der Waals surface area contributed by atoms with Crippen LogP contribution in [0, 0.1) is 19.8 Å². The van der Waals surface area contributed by atoms with Crippen LogP contribution in [0.5, 0.6) is 0 Å². The molecule has 0 aliphatic heterocycles. The summed E-state index contributed by atoms with van der Waals surface area (Å²) >= 11 is 0. The number of carbonyl (C=O) groups is 3. The minimum Gasteiger partial charge on any atom is -0.465 e. The fraction of sp³-hybridized carbons (Fsp3) is 0.500. The molecule has 0 heterocycles. The van der Waals surface area contributed by atoms with Gasteiger partial charge in [-0.15, -0.1) is 0 Å². The lowest BCUT2D eigenvalue weighted by Gasteiger charge is -2.13. The third-order valence-corrected chi connectivity index (χ3v) is 4.08. The summed E-state index contributed by atoms with van der Waals surface area (Å²) in [6, 6.07) is 5.74. The van der Waals surface area contributed by atoms with Gasteiger partial charge in [-0.25, -0.2) is 5.43 Å². The molecule has 27 heavy (non-hydrogen) atoms. The molecule has 0 aromatic heterocycles. The Labute approximate surface area is 160 Å². The van der Waals surface area contributed by atoms with Gasteiger partial charge in [0.05, 0.1) is 12.5 Å². The number of hydrogen-bond donors (Lipinski definition) is 2. The second-order valence-corrected chi connectivity index (χ2v) is 6.37. The highest BCUT2D eigenvalue weighted by atomic mass is 16.5. The van der Waals surface area contributed by atoms with Crippen LogP contribution in [0.3, 0.4) is 0 Å². The zero-order chi connectivity index (χ0) is 20.4. The number of amides is 2. The van der Waals surface area contributed by atoms with E-state index >= 15 is 0 Å². The summed E-state index contributed by atoms with van der Waals surface area (Å²) in [5.74, 6) is -1.47. The number of anilines is 1. The molecule has 0 bridgehead atoms. The second-order valence-electron chi connectivity index (χ2n) is 6.37. The Hall–Kier alpha value is -2.70. The molecule has 0 saturated heterocycles. The largest absolute Gasteiger partial charge is 0.465 e. The highest BCUT2D eigenvalue weighted by Crippen LogP contribution is 2.16. The lowest BCUT2D eigenvalue weighted by atomic mass is 10.0. The maximum Gasteiger partial charge on any atom is 0.314 e. The van der Waals surface area contributed by atoms with Gasteiger partial charge in [0.1, 0.15) is 0 Å². The van der Waals surface area contributed by atoms with Gasteiger partial charge < -0.3 is 10.1 Å². The molecule has 7 heteroatoms. The Morgan fingerprint density at radius 1 is 1.11 bits per heavy atom. The first-order valence-corrected chi connectivity index (χ1v) is 9.15. The predicted molar refractivity (Wildman–Crippen MR) is 105 cm³/mol. The first kappa shape index (κ1) is 22.3. The molecule has 0 fully saturated rings. The number of hydrogen-bond acceptors (Lipinski definition) is 5. The second kappa shape index (κ2) is 11.1. The van der Waals surface area contributed by atoms with E-state index in [0.717, 1.165) is 16.8 Å². The molecule has 1 atom stereocenters. The number of hydrazone groups is 1. The number of aryl methyl sites for hydroxylation is 2. The minimum atomic E-state index is -0.488. The Kier molecular flexibility index (Phi) is 9.19. The number of ether oxygens (including phenoxy) is 1. The van der Waals surface area contributed by atoms with Gasteiger partial charge in [-0.3, -0.25) is 14.4 Å². The van der Waals surface area contributed by atoms with E-state index in [4.69, 9.17) is 4.74 Å². The Morgan fingerprint density at radius 2 is 1.78 bits per heavy atom. The van der Waals surface area contributed by atoms with Gasteiger partial charge in [-0.05, 0) is 45.7 Å². The zero-order valence-electron chi connectivity index (χ0n) is 16.7. The van der Waals surface area contributed by atoms with Crippen LogP contribution in [0.2, 0.25) is 0 Å². The van der Waals surface area contributed by atoms with Crippen molar-refractivity contribution < 1.29 is 19.1 Å². The normalized spacial score (nSPS) is 12.3. The first-order valence-electron chi connectivity index (χ1n) is 9.15. The standard InChI is InChI=1S/C20H29N3O4/c1-6-16(20(26)27-7-2)15(5)22-23-19(25)11-10-18(24)21-17-9-8-13(3)12-14(17)4/h8-9,12,16H,6-7,10-11H2,1-5H3,(H,21,24)(H,23,25)/b22-15+/t16-/m0/s1. The van der Waals surface area contributed by atoms with Crippen LogP contribution in [-0.4, -0.2) is 30.1 Å². The topological polar surface area (TPSA) is 96.9 Å². The van der Waals surface area contributed by atoms with Crippen molar-refractivity contribution in [2.45, 2.75) is 53.9 Å². The van der Waals surface area contributed by atoms with Crippen LogP contribution in [0.25, 0.3) is 0 Å². The maximum absolute atomic E-state index is 12.0. The summed E-state index contributed by atoms with van der Waals surface area (Å²) in [5, 5.41) is 6.77. The molecule has 2 amide bonds. The van der Waals surface area contributed by atoms with Crippen molar-refractivity contribution in [3.05, 3.63) is 29.3 Å². The lowest BCUT2D eigenvalue weighted by molar-refractivity contribution is -0.145. The number of benzene rings is 1. The van der Waals surface area contributed by atoms with Crippen molar-refractivity contribution in [2.75, 3.05) is 11.9 Å². The van der Waals surface area contributed by atoms with Crippen molar-refractivity contribution in [3.63, 3.8) is 0 Å². The van der Waals surface area contributed by atoms with E-state index in [1.54, 1.807) is 13.8 Å². The molecule has 0 radical (unpaired) electrons. The van der Waals surface area contributed by atoms with Crippen molar-refractivity contribution in [3.8, 4) is 0 Å². The molecule has 1 aromatic carbocycles. The molecule has 0 spiro atoms. The third kappa shape index (κ3) is 7.60. The fourth-order valence-corrected chi connectivity index (χ4v) is 2.55. The van der Waals surface area contributed by atoms with Crippen LogP contribution >= 0.6 is 0 Å². The molecule has 0 aliphatic rings. The highest BCUT2D eigenvalue weighted by Gasteiger charge is 2.21. The summed E-state index contributed by atoms with van der Waals surface area (Å²) < 4.78 is 4.99. The van der Waals surface area contributed by atoms with E-state index in [1.165, 1.54) is 0 Å². The van der Waals surface area contributed by atoms with E-state index in [9.17, 15) is 14.4 Å². The number of nitrogens with zero attached hydrogens (tertiary/aromatic N) is 1. The molecule has 1 aromatic rings. The quantitative estimate of drug-likeness (QED) is 0.394. The molecular weight excluding hydrogens is 346 g/mol. The Bertz CT molecular complexity index is 713. The summed E-state index contributed by atoms with van der Waals surface area (Å²) in [5.41, 5.74) is 5.69. The summed E-state index contributed by atoms with van der Waals surface area (Å²) in [6.45, 7) is 9.45. The predicted octanol–water partition coefficient (Wildman–Crippen LogP) is 3.10. The lowest BCUT2D eigenvalue weighted by Crippen LogP contribution is -2.27. The van der Waals surface area contributed by atoms with Gasteiger partial charge in [0.2, 0.25) is 11.8 Å². The van der Waals surface area contributed by atoms with Gasteiger partial charge >= 0.3 is 5.97 Å². The van der Waals surface area contributed by atoms with Gasteiger partial charge in [0, 0.05) is 24.2 Å². The minimum absolute atomic E-state index is 0.00369. The van der Waals surface area contributed by atoms with Crippen LogP contribution in [0.4, 0.5) is 5.69 Å². The smallest absolute Gasteiger partial charge is 0.314 e. The fourth-order valence-electron chi connectivity index (χ4n) is 2.55. The Morgan fingerprint density at radius 3 is 2.37 bits per heavy atom. The molecule has 1 rings (SSSR count). The van der Waals surface area contributed by atoms with E-state index in [2.05, 4.69) is 15.8 Å². The number of carbonyl (C=O) groups excluding carboxylic acids is 3. The van der Waals surface area contributed by atoms with Gasteiger partial charge in [-0.1, -0.05) is 24.6 Å². The monoisotopic (exact) mass is 375 g/mol. The molecule has 2 N–H and O–H groups in total. The number of rotatable bonds is 9. The molecule has 0 unspecified atom stereocenters. The van der Waals surface area contributed by atoms with Crippen molar-refractivity contribution in [1.82, 2.24) is 5.43 Å². The van der Waals surface area contributed by atoms with E-state index < -0.39 is 5.92 Å². The highest BCUT2D eigenvalue weighted by molar-refractivity contribution is 6.01. The molecule has 148 valence electrons. The SMILES string of the molecule is CCOC(=O)[C@@H](CC)/C(C)=N/NC(=O)CCC(=O)Nc1ccc(C)cc1C. The van der Waals surface area contributed by atoms with E-state index in [-0.39, 0.29) is 30.6 Å².